The third-order valence-corrected chi connectivity index (χ3v) is 5.63. The van der Waals surface area contributed by atoms with Crippen molar-refractivity contribution < 1.29 is 23.4 Å². The molecule has 1 aromatic heterocycles. The number of carbonyl (C=O) groups is 1. The third-order valence-electron chi connectivity index (χ3n) is 5.63. The summed E-state index contributed by atoms with van der Waals surface area (Å²) in [5, 5.41) is 0. The molecule has 0 aliphatic carbocycles. The third kappa shape index (κ3) is 5.14. The summed E-state index contributed by atoms with van der Waals surface area (Å²) in [6, 6.07) is 17.4. The summed E-state index contributed by atoms with van der Waals surface area (Å²) in [6.45, 7) is 5.06. The van der Waals surface area contributed by atoms with E-state index in [1.807, 2.05) is 24.3 Å². The van der Waals surface area contributed by atoms with Crippen LogP contribution < -0.4 is 9.47 Å². The van der Waals surface area contributed by atoms with Crippen LogP contribution in [-0.2, 0) is 21.5 Å². The lowest BCUT2D eigenvalue weighted by Crippen LogP contribution is -2.45. The van der Waals surface area contributed by atoms with E-state index in [9.17, 15) is 9.18 Å². The van der Waals surface area contributed by atoms with Gasteiger partial charge in [-0.25, -0.2) is 9.37 Å². The molecule has 2 heterocycles. The molecular weight excluding hydrogens is 423 g/mol. The number of hydrogen-bond acceptors (Lipinski definition) is 5. The van der Waals surface area contributed by atoms with E-state index >= 15 is 0 Å². The fourth-order valence-corrected chi connectivity index (χ4v) is 3.82. The van der Waals surface area contributed by atoms with E-state index in [1.165, 1.54) is 6.07 Å². The Balaban J connectivity index is 1.68. The maximum absolute atomic E-state index is 14.6. The van der Waals surface area contributed by atoms with Crippen molar-refractivity contribution in [1.29, 1.82) is 0 Å². The predicted molar refractivity (Wildman–Crippen MR) is 122 cm³/mol. The molecule has 0 spiro atoms. The van der Waals surface area contributed by atoms with Crippen LogP contribution in [0.4, 0.5) is 4.39 Å². The molecule has 0 atom stereocenters. The van der Waals surface area contributed by atoms with Crippen molar-refractivity contribution in [2.75, 3.05) is 26.4 Å². The molecule has 0 fully saturated rings. The first-order valence-electron chi connectivity index (χ1n) is 10.9. The Labute approximate surface area is 192 Å². The molecule has 0 saturated heterocycles. The number of ether oxygens (including phenoxy) is 3. The van der Waals surface area contributed by atoms with Gasteiger partial charge in [0.25, 0.3) is 0 Å². The summed E-state index contributed by atoms with van der Waals surface area (Å²) < 4.78 is 32.2. The highest BCUT2D eigenvalue weighted by Crippen LogP contribution is 2.33. The number of halogens is 1. The van der Waals surface area contributed by atoms with Gasteiger partial charge in [-0.1, -0.05) is 36.4 Å². The number of fused-ring (bicyclic) bond motifs is 2. The Hall–Kier alpha value is -3.45. The molecule has 0 saturated carbocycles. The average molecular weight is 451 g/mol. The topological polar surface area (TPSA) is 60.9 Å². The van der Waals surface area contributed by atoms with Gasteiger partial charge in [0.05, 0.1) is 25.2 Å². The highest BCUT2D eigenvalue weighted by Gasteiger charge is 2.36. The highest BCUT2D eigenvalue weighted by molar-refractivity contribution is 5.87. The molecule has 33 heavy (non-hydrogen) atoms. The Kier molecular flexibility index (Phi) is 6.89. The Morgan fingerprint density at radius 1 is 0.970 bits per heavy atom. The number of pyridine rings is 1. The van der Waals surface area contributed by atoms with Crippen LogP contribution in [0.25, 0.3) is 0 Å². The summed E-state index contributed by atoms with van der Waals surface area (Å²) in [4.78, 5) is 19.7. The van der Waals surface area contributed by atoms with Crippen molar-refractivity contribution in [3.63, 3.8) is 0 Å². The van der Waals surface area contributed by atoms with E-state index in [4.69, 9.17) is 14.2 Å². The largest absolute Gasteiger partial charge is 0.487 e. The Morgan fingerprint density at radius 2 is 1.73 bits per heavy atom. The Bertz CT molecular complexity index is 1120. The second-order valence-electron chi connectivity index (χ2n) is 8.31. The second kappa shape index (κ2) is 10.0. The molecule has 4 rings (SSSR count). The molecule has 3 aromatic rings. The minimum Gasteiger partial charge on any atom is -0.487 e. The van der Waals surface area contributed by atoms with Gasteiger partial charge in [-0.3, -0.25) is 4.79 Å². The smallest absolute Gasteiger partial charge is 0.233 e. The molecule has 1 amide bonds. The molecular formula is C26H27FN2O4. The molecule has 1 aliphatic rings. The molecule has 0 bridgehead atoms. The van der Waals surface area contributed by atoms with Gasteiger partial charge in [0.15, 0.2) is 11.5 Å². The first kappa shape index (κ1) is 22.7. The van der Waals surface area contributed by atoms with Gasteiger partial charge >= 0.3 is 0 Å². The van der Waals surface area contributed by atoms with E-state index in [0.29, 0.717) is 49.3 Å². The number of nitrogens with zero attached hydrogens (tertiary/aromatic N) is 2. The molecule has 6 nitrogen and oxygen atoms in total. The van der Waals surface area contributed by atoms with Gasteiger partial charge in [0.2, 0.25) is 11.8 Å². The zero-order valence-electron chi connectivity index (χ0n) is 18.8. The number of para-hydroxylation sites is 2. The zero-order chi connectivity index (χ0) is 23.3. The van der Waals surface area contributed by atoms with Crippen LogP contribution in [0.2, 0.25) is 0 Å². The number of amides is 1. The van der Waals surface area contributed by atoms with Crippen LogP contribution in [0.15, 0.2) is 66.9 Å². The summed E-state index contributed by atoms with van der Waals surface area (Å²) in [7, 11) is 0. The summed E-state index contributed by atoms with van der Waals surface area (Å²) in [5.74, 6) is 0.886. The fraction of sp³-hybridized carbons (Fsp3) is 0.308. The van der Waals surface area contributed by atoms with Gasteiger partial charge in [-0.2, -0.15) is 0 Å². The quantitative estimate of drug-likeness (QED) is 0.565. The van der Waals surface area contributed by atoms with Crippen molar-refractivity contribution in [1.82, 2.24) is 9.88 Å². The number of carbonyl (C=O) groups excluding carboxylic acids is 1. The van der Waals surface area contributed by atoms with E-state index in [0.717, 1.165) is 5.56 Å². The lowest BCUT2D eigenvalue weighted by molar-refractivity contribution is -0.137. The molecule has 0 unspecified atom stereocenters. The van der Waals surface area contributed by atoms with Crippen LogP contribution in [0, 0.1) is 5.82 Å². The lowest BCUT2D eigenvalue weighted by atomic mass is 9.82. The molecule has 0 radical (unpaired) electrons. The predicted octanol–water partition coefficient (Wildman–Crippen LogP) is 4.73. The van der Waals surface area contributed by atoms with Crippen LogP contribution in [0.3, 0.4) is 0 Å². The molecule has 0 N–H and O–H groups in total. The maximum atomic E-state index is 14.6. The van der Waals surface area contributed by atoms with Crippen molar-refractivity contribution in [3.05, 3.63) is 83.8 Å². The van der Waals surface area contributed by atoms with E-state index < -0.39 is 11.2 Å². The van der Waals surface area contributed by atoms with E-state index in [-0.39, 0.29) is 12.5 Å². The minimum atomic E-state index is -1.07. The zero-order valence-corrected chi connectivity index (χ0v) is 18.8. The first-order chi connectivity index (χ1) is 16.0. The van der Waals surface area contributed by atoms with Crippen molar-refractivity contribution in [3.8, 4) is 17.4 Å². The lowest BCUT2D eigenvalue weighted by Gasteiger charge is -2.33. The number of hydrogen-bond donors (Lipinski definition) is 0. The first-order valence-corrected chi connectivity index (χ1v) is 10.9. The standard InChI is InChI=1S/C26H27FN2O4/c1-26(2,20-9-3-4-10-21(20)27)25(30)29-14-15-31-16-17-32-22-11-5-6-12-23(22)33-24-19(18-29)8-7-13-28-24/h3-13H,14-18H2,1-2H3. The maximum Gasteiger partial charge on any atom is 0.233 e. The summed E-state index contributed by atoms with van der Waals surface area (Å²) in [5.41, 5.74) is 0.00571. The second-order valence-corrected chi connectivity index (χ2v) is 8.31. The van der Waals surface area contributed by atoms with E-state index in [1.54, 1.807) is 55.3 Å². The average Bonchev–Trinajstić information content (AvgIpc) is 2.83. The number of benzene rings is 2. The number of rotatable bonds is 2. The Morgan fingerprint density at radius 3 is 2.55 bits per heavy atom. The molecule has 7 heteroatoms. The minimum absolute atomic E-state index is 0.211. The van der Waals surface area contributed by atoms with Crippen molar-refractivity contribution in [2.24, 2.45) is 0 Å². The SMILES string of the molecule is CC(C)(C(=O)N1CCOCCOc2ccccc2Oc2ncccc2C1)c1ccccc1F. The van der Waals surface area contributed by atoms with Crippen molar-refractivity contribution >= 4 is 5.91 Å². The monoisotopic (exact) mass is 450 g/mol. The van der Waals surface area contributed by atoms with Crippen LogP contribution in [-0.4, -0.2) is 42.2 Å². The normalized spacial score (nSPS) is 14.9. The number of aromatic nitrogens is 1. The van der Waals surface area contributed by atoms with Gasteiger partial charge in [0.1, 0.15) is 12.4 Å². The highest BCUT2D eigenvalue weighted by atomic mass is 19.1. The molecule has 172 valence electrons. The van der Waals surface area contributed by atoms with Gasteiger partial charge in [-0.15, -0.1) is 0 Å². The van der Waals surface area contributed by atoms with Gasteiger partial charge in [-0.05, 0) is 38.1 Å². The van der Waals surface area contributed by atoms with Crippen LogP contribution in [0.1, 0.15) is 25.0 Å². The van der Waals surface area contributed by atoms with E-state index in [2.05, 4.69) is 4.98 Å². The summed E-state index contributed by atoms with van der Waals surface area (Å²) >= 11 is 0. The van der Waals surface area contributed by atoms with Crippen LogP contribution in [0.5, 0.6) is 17.4 Å². The van der Waals surface area contributed by atoms with Gasteiger partial charge < -0.3 is 19.1 Å². The summed E-state index contributed by atoms with van der Waals surface area (Å²) in [6.07, 6.45) is 1.64. The van der Waals surface area contributed by atoms with Crippen LogP contribution >= 0.6 is 0 Å². The van der Waals surface area contributed by atoms with Gasteiger partial charge in [0, 0.05) is 23.9 Å². The molecule has 1 aliphatic heterocycles. The fourth-order valence-electron chi connectivity index (χ4n) is 3.82. The van der Waals surface area contributed by atoms with Crippen molar-refractivity contribution in [2.45, 2.75) is 25.8 Å². The molecule has 2 aromatic carbocycles.